The molecule has 1 N–H and O–H groups in total. The van der Waals surface area contributed by atoms with E-state index in [9.17, 15) is 13.2 Å². The van der Waals surface area contributed by atoms with E-state index in [0.717, 1.165) is 13.0 Å². The van der Waals surface area contributed by atoms with Gasteiger partial charge in [0.1, 0.15) is 5.82 Å². The Hall–Kier alpha value is -1.20. The zero-order valence-corrected chi connectivity index (χ0v) is 10.4. The van der Waals surface area contributed by atoms with Crippen molar-refractivity contribution in [3.63, 3.8) is 0 Å². The third-order valence-electron chi connectivity index (χ3n) is 3.48. The molecule has 1 aliphatic carbocycles. The van der Waals surface area contributed by atoms with Crippen LogP contribution in [0.15, 0.2) is 12.3 Å². The fraction of sp³-hybridized carbons (Fsp3) is 0.750. The number of halogens is 3. The minimum atomic E-state index is -4.12. The third-order valence-corrected chi connectivity index (χ3v) is 3.48. The van der Waals surface area contributed by atoms with Crippen LogP contribution in [-0.4, -0.2) is 22.0 Å². The van der Waals surface area contributed by atoms with Gasteiger partial charge in [-0.15, -0.1) is 0 Å². The van der Waals surface area contributed by atoms with Crippen LogP contribution < -0.4 is 5.32 Å². The van der Waals surface area contributed by atoms with Crippen molar-refractivity contribution in [3.05, 3.63) is 12.3 Å². The monoisotopic (exact) mass is 261 g/mol. The summed E-state index contributed by atoms with van der Waals surface area (Å²) >= 11 is 0. The van der Waals surface area contributed by atoms with E-state index in [1.54, 1.807) is 16.9 Å². The van der Waals surface area contributed by atoms with Crippen molar-refractivity contribution in [3.8, 4) is 0 Å². The average Bonchev–Trinajstić information content (AvgIpc) is 2.76. The Balaban J connectivity index is 2.05. The molecule has 0 aromatic carbocycles. The predicted octanol–water partition coefficient (Wildman–Crippen LogP) is 3.44. The summed E-state index contributed by atoms with van der Waals surface area (Å²) in [6.07, 6.45) is -0.0670. The molecule has 0 saturated heterocycles. The highest BCUT2D eigenvalue weighted by molar-refractivity contribution is 5.34. The van der Waals surface area contributed by atoms with Crippen LogP contribution in [0.5, 0.6) is 0 Å². The fourth-order valence-electron chi connectivity index (χ4n) is 2.50. The van der Waals surface area contributed by atoms with Crippen molar-refractivity contribution >= 4 is 5.82 Å². The van der Waals surface area contributed by atoms with Gasteiger partial charge in [0.05, 0.1) is 5.92 Å². The molecule has 18 heavy (non-hydrogen) atoms. The number of anilines is 1. The number of nitrogens with zero attached hydrogens (tertiary/aromatic N) is 2. The lowest BCUT2D eigenvalue weighted by Gasteiger charge is -2.33. The van der Waals surface area contributed by atoms with E-state index in [0.29, 0.717) is 18.7 Å². The Morgan fingerprint density at radius 3 is 2.72 bits per heavy atom. The van der Waals surface area contributed by atoms with Crippen LogP contribution in [0.3, 0.4) is 0 Å². The maximum absolute atomic E-state index is 12.9. The Labute approximate surface area is 104 Å². The lowest BCUT2D eigenvalue weighted by Crippen LogP contribution is -2.41. The summed E-state index contributed by atoms with van der Waals surface area (Å²) < 4.78 is 40.4. The molecule has 2 atom stereocenters. The molecular formula is C12H18F3N3. The van der Waals surface area contributed by atoms with Crippen LogP contribution in [0.1, 0.15) is 32.6 Å². The first-order valence-corrected chi connectivity index (χ1v) is 6.37. The van der Waals surface area contributed by atoms with Gasteiger partial charge in [0.15, 0.2) is 0 Å². The molecule has 102 valence electrons. The van der Waals surface area contributed by atoms with Crippen LogP contribution in [0.25, 0.3) is 0 Å². The number of hydrogen-bond donors (Lipinski definition) is 1. The van der Waals surface area contributed by atoms with E-state index in [1.807, 2.05) is 6.92 Å². The van der Waals surface area contributed by atoms with Crippen LogP contribution in [0, 0.1) is 5.92 Å². The predicted molar refractivity (Wildman–Crippen MR) is 63.3 cm³/mol. The topological polar surface area (TPSA) is 29.9 Å². The van der Waals surface area contributed by atoms with Gasteiger partial charge in [-0.1, -0.05) is 12.8 Å². The van der Waals surface area contributed by atoms with Gasteiger partial charge in [0.2, 0.25) is 0 Å². The Morgan fingerprint density at radius 2 is 2.11 bits per heavy atom. The average molecular weight is 261 g/mol. The van der Waals surface area contributed by atoms with Crippen molar-refractivity contribution in [1.29, 1.82) is 0 Å². The first-order chi connectivity index (χ1) is 8.50. The van der Waals surface area contributed by atoms with E-state index in [1.165, 1.54) is 0 Å². The second kappa shape index (κ2) is 5.20. The first kappa shape index (κ1) is 13.2. The number of rotatable bonds is 3. The van der Waals surface area contributed by atoms with Crippen molar-refractivity contribution in [2.24, 2.45) is 5.92 Å². The van der Waals surface area contributed by atoms with Gasteiger partial charge in [-0.2, -0.15) is 18.3 Å². The van der Waals surface area contributed by atoms with Gasteiger partial charge in [-0.25, -0.2) is 0 Å². The van der Waals surface area contributed by atoms with Crippen LogP contribution in [0.2, 0.25) is 0 Å². The normalized spacial score (nSPS) is 25.1. The molecular weight excluding hydrogens is 243 g/mol. The van der Waals surface area contributed by atoms with E-state index >= 15 is 0 Å². The van der Waals surface area contributed by atoms with Crippen molar-refractivity contribution in [2.45, 2.75) is 51.4 Å². The van der Waals surface area contributed by atoms with Gasteiger partial charge >= 0.3 is 6.18 Å². The molecule has 1 aromatic heterocycles. The molecule has 6 heteroatoms. The van der Waals surface area contributed by atoms with Crippen molar-refractivity contribution in [1.82, 2.24) is 9.78 Å². The highest BCUT2D eigenvalue weighted by atomic mass is 19.4. The molecule has 2 unspecified atom stereocenters. The summed E-state index contributed by atoms with van der Waals surface area (Å²) in [6.45, 7) is 2.66. The molecule has 0 bridgehead atoms. The summed E-state index contributed by atoms with van der Waals surface area (Å²) in [5.74, 6) is -0.712. The molecule has 1 saturated carbocycles. The quantitative estimate of drug-likeness (QED) is 0.903. The standard InChI is InChI=1S/C12H18F3N3/c1-2-18-8-7-11(17-18)16-10-6-4-3-5-9(10)12(13,14)15/h7-10H,2-6H2,1H3,(H,16,17). The summed E-state index contributed by atoms with van der Waals surface area (Å²) in [5.41, 5.74) is 0. The summed E-state index contributed by atoms with van der Waals surface area (Å²) in [4.78, 5) is 0. The maximum atomic E-state index is 12.9. The summed E-state index contributed by atoms with van der Waals surface area (Å²) in [7, 11) is 0. The van der Waals surface area contributed by atoms with Gasteiger partial charge in [-0.05, 0) is 19.8 Å². The molecule has 1 heterocycles. The highest BCUT2D eigenvalue weighted by Crippen LogP contribution is 2.38. The number of aryl methyl sites for hydroxylation is 1. The van der Waals surface area contributed by atoms with Crippen LogP contribution in [0.4, 0.5) is 19.0 Å². The van der Waals surface area contributed by atoms with Crippen LogP contribution in [-0.2, 0) is 6.54 Å². The van der Waals surface area contributed by atoms with E-state index in [4.69, 9.17) is 0 Å². The Kier molecular flexibility index (Phi) is 3.82. The molecule has 2 rings (SSSR count). The third kappa shape index (κ3) is 2.97. The van der Waals surface area contributed by atoms with E-state index in [2.05, 4.69) is 10.4 Å². The Morgan fingerprint density at radius 1 is 1.39 bits per heavy atom. The van der Waals surface area contributed by atoms with Crippen molar-refractivity contribution in [2.75, 3.05) is 5.32 Å². The molecule has 0 spiro atoms. The number of aromatic nitrogens is 2. The largest absolute Gasteiger partial charge is 0.393 e. The van der Waals surface area contributed by atoms with Crippen molar-refractivity contribution < 1.29 is 13.2 Å². The zero-order chi connectivity index (χ0) is 13.2. The minimum absolute atomic E-state index is 0.218. The second-order valence-corrected chi connectivity index (χ2v) is 4.74. The second-order valence-electron chi connectivity index (χ2n) is 4.74. The number of hydrogen-bond acceptors (Lipinski definition) is 2. The van der Waals surface area contributed by atoms with E-state index < -0.39 is 18.1 Å². The minimum Gasteiger partial charge on any atom is -0.365 e. The number of nitrogens with one attached hydrogen (secondary N) is 1. The lowest BCUT2D eigenvalue weighted by atomic mass is 9.84. The zero-order valence-electron chi connectivity index (χ0n) is 10.4. The number of alkyl halides is 3. The molecule has 1 fully saturated rings. The molecule has 0 aliphatic heterocycles. The maximum Gasteiger partial charge on any atom is 0.393 e. The molecule has 1 aromatic rings. The summed E-state index contributed by atoms with van der Waals surface area (Å²) in [6, 6.07) is 1.19. The van der Waals surface area contributed by atoms with Gasteiger partial charge < -0.3 is 5.32 Å². The van der Waals surface area contributed by atoms with Crippen LogP contribution >= 0.6 is 0 Å². The van der Waals surface area contributed by atoms with Gasteiger partial charge in [0.25, 0.3) is 0 Å². The molecule has 1 aliphatic rings. The van der Waals surface area contributed by atoms with E-state index in [-0.39, 0.29) is 6.42 Å². The molecule has 3 nitrogen and oxygen atoms in total. The first-order valence-electron chi connectivity index (χ1n) is 6.37. The smallest absolute Gasteiger partial charge is 0.365 e. The summed E-state index contributed by atoms with van der Waals surface area (Å²) in [5, 5.41) is 7.12. The fourth-order valence-corrected chi connectivity index (χ4v) is 2.50. The molecule has 0 radical (unpaired) electrons. The molecule has 0 amide bonds. The Bertz CT molecular complexity index is 386. The SMILES string of the molecule is CCn1ccc(NC2CCCCC2C(F)(F)F)n1. The highest BCUT2D eigenvalue weighted by Gasteiger charge is 2.45. The van der Waals surface area contributed by atoms with Gasteiger partial charge in [0, 0.05) is 24.8 Å². The lowest BCUT2D eigenvalue weighted by molar-refractivity contribution is -0.184. The van der Waals surface area contributed by atoms with Gasteiger partial charge in [-0.3, -0.25) is 4.68 Å².